The monoisotopic (exact) mass is 265 g/mol. The SMILES string of the molecule is Cc1ncnc(NC(CCl)c2ccccc2)c1F. The van der Waals surface area contributed by atoms with Crippen LogP contribution in [0.15, 0.2) is 36.7 Å². The molecule has 2 aromatic rings. The van der Waals surface area contributed by atoms with Gasteiger partial charge < -0.3 is 5.32 Å². The van der Waals surface area contributed by atoms with Gasteiger partial charge in [-0.1, -0.05) is 30.3 Å². The van der Waals surface area contributed by atoms with Gasteiger partial charge >= 0.3 is 0 Å². The summed E-state index contributed by atoms with van der Waals surface area (Å²) in [6, 6.07) is 9.44. The molecule has 1 heterocycles. The van der Waals surface area contributed by atoms with Crippen molar-refractivity contribution >= 4 is 17.4 Å². The van der Waals surface area contributed by atoms with E-state index < -0.39 is 5.82 Å². The molecular formula is C13H13ClFN3. The standard InChI is InChI=1S/C13H13ClFN3/c1-9-12(15)13(17-8-16-9)18-11(7-14)10-5-3-2-4-6-10/h2-6,8,11H,7H2,1H3,(H,16,17,18). The molecule has 1 atom stereocenters. The van der Waals surface area contributed by atoms with Gasteiger partial charge in [0, 0.05) is 5.88 Å². The Morgan fingerprint density at radius 2 is 2.00 bits per heavy atom. The Morgan fingerprint density at radius 1 is 1.28 bits per heavy atom. The van der Waals surface area contributed by atoms with E-state index in [1.165, 1.54) is 6.33 Å². The van der Waals surface area contributed by atoms with Gasteiger partial charge in [0.25, 0.3) is 0 Å². The van der Waals surface area contributed by atoms with Gasteiger partial charge in [-0.25, -0.2) is 14.4 Å². The molecular weight excluding hydrogens is 253 g/mol. The summed E-state index contributed by atoms with van der Waals surface area (Å²) in [6.45, 7) is 1.60. The summed E-state index contributed by atoms with van der Waals surface area (Å²) in [5.74, 6) is 0.0625. The minimum atomic E-state index is -0.441. The summed E-state index contributed by atoms with van der Waals surface area (Å²) in [6.07, 6.45) is 1.33. The zero-order valence-corrected chi connectivity index (χ0v) is 10.7. The highest BCUT2D eigenvalue weighted by Crippen LogP contribution is 2.21. The number of hydrogen-bond donors (Lipinski definition) is 1. The molecule has 0 amide bonds. The van der Waals surface area contributed by atoms with Crippen LogP contribution in [0.3, 0.4) is 0 Å². The molecule has 0 saturated heterocycles. The molecule has 0 bridgehead atoms. The average molecular weight is 266 g/mol. The lowest BCUT2D eigenvalue weighted by Gasteiger charge is -2.17. The highest BCUT2D eigenvalue weighted by Gasteiger charge is 2.14. The predicted molar refractivity (Wildman–Crippen MR) is 70.3 cm³/mol. The number of aryl methyl sites for hydroxylation is 1. The van der Waals surface area contributed by atoms with Crippen LogP contribution in [0, 0.1) is 12.7 Å². The van der Waals surface area contributed by atoms with Crippen LogP contribution in [-0.2, 0) is 0 Å². The molecule has 0 radical (unpaired) electrons. The fourth-order valence-corrected chi connectivity index (χ4v) is 1.88. The highest BCUT2D eigenvalue weighted by molar-refractivity contribution is 6.18. The number of alkyl halides is 1. The zero-order valence-electron chi connectivity index (χ0n) is 9.90. The van der Waals surface area contributed by atoms with Crippen LogP contribution in [0.25, 0.3) is 0 Å². The second-order valence-corrected chi connectivity index (χ2v) is 4.19. The van der Waals surface area contributed by atoms with Crippen LogP contribution in [0.2, 0.25) is 0 Å². The number of nitrogens with zero attached hydrogens (tertiary/aromatic N) is 2. The third-order valence-electron chi connectivity index (χ3n) is 2.63. The first-order valence-corrected chi connectivity index (χ1v) is 6.10. The topological polar surface area (TPSA) is 37.8 Å². The van der Waals surface area contributed by atoms with E-state index >= 15 is 0 Å². The van der Waals surface area contributed by atoms with Crippen LogP contribution in [0.1, 0.15) is 17.3 Å². The fraction of sp³-hybridized carbons (Fsp3) is 0.231. The van der Waals surface area contributed by atoms with Gasteiger partial charge in [-0.05, 0) is 12.5 Å². The third kappa shape index (κ3) is 2.76. The number of rotatable bonds is 4. The van der Waals surface area contributed by atoms with E-state index in [1.54, 1.807) is 6.92 Å². The van der Waals surface area contributed by atoms with E-state index in [0.717, 1.165) is 5.56 Å². The Hall–Kier alpha value is -1.68. The van der Waals surface area contributed by atoms with Crippen molar-refractivity contribution in [3.63, 3.8) is 0 Å². The van der Waals surface area contributed by atoms with Crippen LogP contribution in [-0.4, -0.2) is 15.8 Å². The molecule has 0 aliphatic carbocycles. The molecule has 1 N–H and O–H groups in total. The van der Waals surface area contributed by atoms with Gasteiger partial charge in [-0.3, -0.25) is 0 Å². The molecule has 0 aliphatic rings. The zero-order chi connectivity index (χ0) is 13.0. The molecule has 18 heavy (non-hydrogen) atoms. The van der Waals surface area contributed by atoms with Gasteiger partial charge in [-0.2, -0.15) is 0 Å². The first-order chi connectivity index (χ1) is 8.72. The molecule has 1 aromatic heterocycles. The van der Waals surface area contributed by atoms with E-state index in [9.17, 15) is 4.39 Å². The molecule has 94 valence electrons. The lowest BCUT2D eigenvalue weighted by atomic mass is 10.1. The number of anilines is 1. The lowest BCUT2D eigenvalue weighted by molar-refractivity contribution is 0.602. The summed E-state index contributed by atoms with van der Waals surface area (Å²) < 4.78 is 13.8. The second-order valence-electron chi connectivity index (χ2n) is 3.88. The van der Waals surface area contributed by atoms with Crippen molar-refractivity contribution in [2.45, 2.75) is 13.0 Å². The summed E-state index contributed by atoms with van der Waals surface area (Å²) in [5.41, 5.74) is 1.30. The number of benzene rings is 1. The molecule has 5 heteroatoms. The Labute approximate surface area is 110 Å². The van der Waals surface area contributed by atoms with E-state index in [0.29, 0.717) is 11.6 Å². The largest absolute Gasteiger partial charge is 0.360 e. The summed E-state index contributed by atoms with van der Waals surface area (Å²) in [5, 5.41) is 3.00. The summed E-state index contributed by atoms with van der Waals surface area (Å²) in [4.78, 5) is 7.68. The van der Waals surface area contributed by atoms with E-state index in [-0.39, 0.29) is 11.9 Å². The quantitative estimate of drug-likeness (QED) is 0.862. The van der Waals surface area contributed by atoms with Gasteiger partial charge in [-0.15, -0.1) is 11.6 Å². The van der Waals surface area contributed by atoms with Gasteiger partial charge in [0.2, 0.25) is 0 Å². The highest BCUT2D eigenvalue weighted by atomic mass is 35.5. The summed E-state index contributed by atoms with van der Waals surface area (Å²) in [7, 11) is 0. The van der Waals surface area contributed by atoms with E-state index in [1.807, 2.05) is 30.3 Å². The first-order valence-electron chi connectivity index (χ1n) is 5.57. The molecule has 3 nitrogen and oxygen atoms in total. The second kappa shape index (κ2) is 5.78. The minimum absolute atomic E-state index is 0.178. The molecule has 0 spiro atoms. The van der Waals surface area contributed by atoms with Crippen LogP contribution in [0.5, 0.6) is 0 Å². The van der Waals surface area contributed by atoms with Crippen molar-refractivity contribution < 1.29 is 4.39 Å². The minimum Gasteiger partial charge on any atom is -0.360 e. The maximum atomic E-state index is 13.8. The molecule has 2 rings (SSSR count). The number of nitrogens with one attached hydrogen (secondary N) is 1. The van der Waals surface area contributed by atoms with Crippen LogP contribution in [0.4, 0.5) is 10.2 Å². The van der Waals surface area contributed by atoms with Gasteiger partial charge in [0.05, 0.1) is 11.7 Å². The van der Waals surface area contributed by atoms with Crippen molar-refractivity contribution in [1.82, 2.24) is 9.97 Å². The fourth-order valence-electron chi connectivity index (χ4n) is 1.62. The summed E-state index contributed by atoms with van der Waals surface area (Å²) >= 11 is 5.92. The average Bonchev–Trinajstić information content (AvgIpc) is 2.41. The maximum absolute atomic E-state index is 13.8. The molecule has 0 aliphatic heterocycles. The first kappa shape index (κ1) is 12.8. The van der Waals surface area contributed by atoms with E-state index in [4.69, 9.17) is 11.6 Å². The lowest BCUT2D eigenvalue weighted by Crippen LogP contribution is -2.15. The molecule has 0 fully saturated rings. The van der Waals surface area contributed by atoms with Crippen molar-refractivity contribution in [3.05, 3.63) is 53.7 Å². The molecule has 0 saturated carbocycles. The van der Waals surface area contributed by atoms with Crippen molar-refractivity contribution in [2.24, 2.45) is 0 Å². The Morgan fingerprint density at radius 3 is 2.67 bits per heavy atom. The van der Waals surface area contributed by atoms with Gasteiger partial charge in [0.1, 0.15) is 6.33 Å². The van der Waals surface area contributed by atoms with Crippen molar-refractivity contribution in [1.29, 1.82) is 0 Å². The Kier molecular flexibility index (Phi) is 4.10. The Bertz CT molecular complexity index is 519. The number of halogens is 2. The van der Waals surface area contributed by atoms with E-state index in [2.05, 4.69) is 15.3 Å². The molecule has 1 unspecified atom stereocenters. The third-order valence-corrected chi connectivity index (χ3v) is 2.94. The normalized spacial score (nSPS) is 12.2. The van der Waals surface area contributed by atoms with Crippen LogP contribution >= 0.6 is 11.6 Å². The predicted octanol–water partition coefficient (Wildman–Crippen LogP) is 3.32. The number of hydrogen-bond acceptors (Lipinski definition) is 3. The smallest absolute Gasteiger partial charge is 0.186 e. The van der Waals surface area contributed by atoms with Crippen molar-refractivity contribution in [2.75, 3.05) is 11.2 Å². The van der Waals surface area contributed by atoms with Crippen LogP contribution < -0.4 is 5.32 Å². The maximum Gasteiger partial charge on any atom is 0.186 e. The Balaban J connectivity index is 2.24. The molecule has 1 aromatic carbocycles. The number of aromatic nitrogens is 2. The van der Waals surface area contributed by atoms with Gasteiger partial charge in [0.15, 0.2) is 11.6 Å². The van der Waals surface area contributed by atoms with Crippen molar-refractivity contribution in [3.8, 4) is 0 Å².